The zero-order valence-corrected chi connectivity index (χ0v) is 18.1. The Balaban J connectivity index is 1.87. The van der Waals surface area contributed by atoms with Crippen LogP contribution in [0.2, 0.25) is 0 Å². The second kappa shape index (κ2) is 10.1. The molecule has 2 amide bonds. The number of hydrogen-bond donors (Lipinski definition) is 1. The standard InChI is InChI=1S/C21H20ClF2N3O3S/c1-2-25-19(29)17-12-18(28)27(13-14-6-4-3-5-7-14)20(31-17)26-15-8-10-16(11-9-15)30-21(22,23)24/h3-11,17H,2,12-13H2,1H3,(H,25,29)/t17-/m1/s1. The van der Waals surface area contributed by atoms with Crippen LogP contribution in [0, 0.1) is 0 Å². The first kappa shape index (κ1) is 23.0. The van der Waals surface area contributed by atoms with Crippen LogP contribution in [0.1, 0.15) is 18.9 Å². The minimum atomic E-state index is -3.81. The van der Waals surface area contributed by atoms with Crippen molar-refractivity contribution < 1.29 is 23.1 Å². The Morgan fingerprint density at radius 3 is 2.55 bits per heavy atom. The van der Waals surface area contributed by atoms with E-state index in [1.54, 1.807) is 6.92 Å². The zero-order chi connectivity index (χ0) is 22.4. The predicted octanol–water partition coefficient (Wildman–Crippen LogP) is 4.51. The van der Waals surface area contributed by atoms with E-state index in [2.05, 4.69) is 15.0 Å². The lowest BCUT2D eigenvalue weighted by molar-refractivity contribution is -0.130. The first-order chi connectivity index (χ1) is 14.7. The van der Waals surface area contributed by atoms with Gasteiger partial charge in [-0.25, -0.2) is 4.99 Å². The van der Waals surface area contributed by atoms with Crippen molar-refractivity contribution in [3.8, 4) is 5.75 Å². The van der Waals surface area contributed by atoms with E-state index >= 15 is 0 Å². The van der Waals surface area contributed by atoms with Crippen molar-refractivity contribution in [1.82, 2.24) is 10.2 Å². The Kier molecular flexibility index (Phi) is 7.50. The average Bonchev–Trinajstić information content (AvgIpc) is 2.71. The molecule has 1 saturated heterocycles. The fraction of sp³-hybridized carbons (Fsp3) is 0.286. The Bertz CT molecular complexity index is 953. The summed E-state index contributed by atoms with van der Waals surface area (Å²) in [6.45, 7) is 2.56. The van der Waals surface area contributed by atoms with Crippen LogP contribution in [0.3, 0.4) is 0 Å². The molecule has 1 fully saturated rings. The SMILES string of the molecule is CCNC(=O)[C@H]1CC(=O)N(Cc2ccccc2)C(=Nc2ccc(OC(F)(F)Cl)cc2)S1. The number of carbonyl (C=O) groups is 2. The smallest absolute Gasteiger partial charge is 0.420 e. The molecular formula is C21H20ClF2N3O3S. The molecular weight excluding hydrogens is 448 g/mol. The summed E-state index contributed by atoms with van der Waals surface area (Å²) in [6.07, 6.45) is 0.0555. The molecule has 0 aromatic heterocycles. The van der Waals surface area contributed by atoms with Gasteiger partial charge in [0.05, 0.1) is 17.5 Å². The molecule has 6 nitrogen and oxygen atoms in total. The normalized spacial score (nSPS) is 18.2. The largest absolute Gasteiger partial charge is 0.487 e. The van der Waals surface area contributed by atoms with Crippen LogP contribution < -0.4 is 10.1 Å². The number of aliphatic imine (C=N–C) groups is 1. The molecule has 10 heteroatoms. The number of benzene rings is 2. The van der Waals surface area contributed by atoms with E-state index in [0.717, 1.165) is 5.56 Å². The third kappa shape index (κ3) is 6.67. The van der Waals surface area contributed by atoms with Crippen molar-refractivity contribution in [1.29, 1.82) is 0 Å². The van der Waals surface area contributed by atoms with E-state index in [1.807, 2.05) is 30.3 Å². The van der Waals surface area contributed by atoms with Gasteiger partial charge in [0.2, 0.25) is 11.8 Å². The molecule has 1 N–H and O–H groups in total. The molecule has 2 aromatic rings. The maximum atomic E-state index is 12.9. The van der Waals surface area contributed by atoms with E-state index in [-0.39, 0.29) is 24.0 Å². The Labute approximate surface area is 187 Å². The van der Waals surface area contributed by atoms with Crippen LogP contribution >= 0.6 is 23.4 Å². The summed E-state index contributed by atoms with van der Waals surface area (Å²) in [4.78, 5) is 31.2. The molecule has 3 rings (SSSR count). The van der Waals surface area contributed by atoms with Gasteiger partial charge in [0.25, 0.3) is 0 Å². The van der Waals surface area contributed by atoms with Crippen molar-refractivity contribution in [2.75, 3.05) is 6.54 Å². The van der Waals surface area contributed by atoms with Crippen LogP contribution in [0.15, 0.2) is 59.6 Å². The number of alkyl halides is 3. The second-order valence-corrected chi connectivity index (χ2v) is 8.22. The number of hydrogen-bond acceptors (Lipinski definition) is 5. The van der Waals surface area contributed by atoms with E-state index < -0.39 is 10.8 Å². The first-order valence-corrected chi connectivity index (χ1v) is 10.7. The number of rotatable bonds is 7. The minimum Gasteiger partial charge on any atom is -0.420 e. The molecule has 0 spiro atoms. The number of amidine groups is 1. The lowest BCUT2D eigenvalue weighted by Gasteiger charge is -2.31. The highest BCUT2D eigenvalue weighted by Crippen LogP contribution is 2.31. The van der Waals surface area contributed by atoms with Gasteiger partial charge < -0.3 is 10.1 Å². The highest BCUT2D eigenvalue weighted by Gasteiger charge is 2.35. The molecule has 0 bridgehead atoms. The topological polar surface area (TPSA) is 71.0 Å². The van der Waals surface area contributed by atoms with Gasteiger partial charge in [-0.1, -0.05) is 42.1 Å². The third-order valence-electron chi connectivity index (χ3n) is 4.26. The van der Waals surface area contributed by atoms with E-state index in [0.29, 0.717) is 23.9 Å². The summed E-state index contributed by atoms with van der Waals surface area (Å²) in [5.41, 5.74) is -2.49. The monoisotopic (exact) mass is 467 g/mol. The number of halogens is 3. The molecule has 1 heterocycles. The van der Waals surface area contributed by atoms with Crippen LogP contribution in [0.5, 0.6) is 5.75 Å². The van der Waals surface area contributed by atoms with Crippen molar-refractivity contribution in [2.24, 2.45) is 4.99 Å². The molecule has 0 saturated carbocycles. The Hall–Kier alpha value is -2.65. The molecule has 1 atom stereocenters. The molecule has 31 heavy (non-hydrogen) atoms. The van der Waals surface area contributed by atoms with Gasteiger partial charge >= 0.3 is 5.57 Å². The van der Waals surface area contributed by atoms with Gasteiger partial charge in [0, 0.05) is 24.6 Å². The summed E-state index contributed by atoms with van der Waals surface area (Å²) in [6, 6.07) is 14.9. The minimum absolute atomic E-state index is 0.0555. The van der Waals surface area contributed by atoms with Gasteiger partial charge in [-0.15, -0.1) is 8.78 Å². The predicted molar refractivity (Wildman–Crippen MR) is 117 cm³/mol. The third-order valence-corrected chi connectivity index (χ3v) is 5.53. The molecule has 164 valence electrons. The molecule has 0 unspecified atom stereocenters. The van der Waals surface area contributed by atoms with E-state index in [4.69, 9.17) is 11.6 Å². The van der Waals surface area contributed by atoms with Crippen molar-refractivity contribution in [3.63, 3.8) is 0 Å². The van der Waals surface area contributed by atoms with E-state index in [9.17, 15) is 18.4 Å². The second-order valence-electron chi connectivity index (χ2n) is 6.61. The van der Waals surface area contributed by atoms with Crippen LogP contribution in [-0.2, 0) is 16.1 Å². The van der Waals surface area contributed by atoms with Gasteiger partial charge in [0.15, 0.2) is 5.17 Å². The van der Waals surface area contributed by atoms with Gasteiger partial charge in [-0.2, -0.15) is 0 Å². The summed E-state index contributed by atoms with van der Waals surface area (Å²) in [5, 5.41) is 2.48. The summed E-state index contributed by atoms with van der Waals surface area (Å²) >= 11 is 5.97. The molecule has 0 aliphatic carbocycles. The molecule has 1 aliphatic heterocycles. The number of nitrogens with one attached hydrogen (secondary N) is 1. The summed E-state index contributed by atoms with van der Waals surface area (Å²) in [5.74, 6) is -0.585. The highest BCUT2D eigenvalue weighted by atomic mass is 35.5. The van der Waals surface area contributed by atoms with Gasteiger partial charge in [-0.05, 0) is 36.8 Å². The fourth-order valence-electron chi connectivity index (χ4n) is 2.88. The number of carbonyl (C=O) groups excluding carboxylic acids is 2. The molecule has 2 aromatic carbocycles. The number of amides is 2. The van der Waals surface area contributed by atoms with Crippen molar-refractivity contribution in [3.05, 3.63) is 60.2 Å². The Morgan fingerprint density at radius 1 is 1.26 bits per heavy atom. The average molecular weight is 468 g/mol. The van der Waals surface area contributed by atoms with E-state index in [1.165, 1.54) is 40.9 Å². The lowest BCUT2D eigenvalue weighted by atomic mass is 10.2. The number of nitrogens with zero attached hydrogens (tertiary/aromatic N) is 2. The first-order valence-electron chi connectivity index (χ1n) is 9.48. The maximum absolute atomic E-state index is 12.9. The summed E-state index contributed by atoms with van der Waals surface area (Å²) in [7, 11) is 0. The summed E-state index contributed by atoms with van der Waals surface area (Å²) < 4.78 is 29.9. The quantitative estimate of drug-likeness (QED) is 0.608. The molecule has 0 radical (unpaired) electrons. The highest BCUT2D eigenvalue weighted by molar-refractivity contribution is 8.15. The van der Waals surface area contributed by atoms with Gasteiger partial charge in [0.1, 0.15) is 5.75 Å². The zero-order valence-electron chi connectivity index (χ0n) is 16.6. The molecule has 1 aliphatic rings. The van der Waals surface area contributed by atoms with Crippen LogP contribution in [0.4, 0.5) is 14.5 Å². The fourth-order valence-corrected chi connectivity index (χ4v) is 4.10. The number of thioether (sulfide) groups is 1. The number of ether oxygens (including phenoxy) is 1. The van der Waals surface area contributed by atoms with Gasteiger partial charge in [-0.3, -0.25) is 14.5 Å². The Morgan fingerprint density at radius 2 is 1.94 bits per heavy atom. The lowest BCUT2D eigenvalue weighted by Crippen LogP contribution is -2.46. The van der Waals surface area contributed by atoms with Crippen LogP contribution in [0.25, 0.3) is 0 Å². The van der Waals surface area contributed by atoms with Crippen molar-refractivity contribution >= 4 is 46.0 Å². The maximum Gasteiger partial charge on any atom is 0.487 e. The van der Waals surface area contributed by atoms with Crippen LogP contribution in [-0.4, -0.2) is 39.2 Å². The van der Waals surface area contributed by atoms with Crippen molar-refractivity contribution in [2.45, 2.75) is 30.7 Å².